The van der Waals surface area contributed by atoms with Gasteiger partial charge in [0.25, 0.3) is 0 Å². The Labute approximate surface area is 165 Å². The maximum absolute atomic E-state index is 12.1. The third kappa shape index (κ3) is 5.39. The molecule has 0 aromatic heterocycles. The third-order valence-electron chi connectivity index (χ3n) is 3.87. The van der Waals surface area contributed by atoms with Crippen LogP contribution in [0.15, 0.2) is 71.8 Å². The highest BCUT2D eigenvalue weighted by Crippen LogP contribution is 2.22. The van der Waals surface area contributed by atoms with E-state index in [1.165, 1.54) is 6.21 Å². The molecule has 3 rings (SSSR count). The van der Waals surface area contributed by atoms with Crippen molar-refractivity contribution in [3.05, 3.63) is 72.3 Å². The number of hydrazone groups is 1. The van der Waals surface area contributed by atoms with Gasteiger partial charge in [0.05, 0.1) is 6.21 Å². The molecule has 0 radical (unpaired) electrons. The normalized spacial score (nSPS) is 10.6. The SMILES string of the molecule is O=C(O)COc1ccc(/C=N\NC(=O)C(=O)Nc2cccc3ccccc23)cc1. The molecular formula is C21H17N3O5. The van der Waals surface area contributed by atoms with Crippen LogP contribution in [0.4, 0.5) is 5.69 Å². The third-order valence-corrected chi connectivity index (χ3v) is 3.87. The van der Waals surface area contributed by atoms with Gasteiger partial charge >= 0.3 is 17.8 Å². The molecule has 0 unspecified atom stereocenters. The Bertz CT molecular complexity index is 1070. The first kappa shape index (κ1) is 19.6. The lowest BCUT2D eigenvalue weighted by atomic mass is 10.1. The zero-order valence-electron chi connectivity index (χ0n) is 15.2. The number of rotatable bonds is 6. The van der Waals surface area contributed by atoms with E-state index in [1.807, 2.05) is 30.3 Å². The Balaban J connectivity index is 1.56. The zero-order valence-corrected chi connectivity index (χ0v) is 15.2. The number of hydrogen-bond acceptors (Lipinski definition) is 5. The summed E-state index contributed by atoms with van der Waals surface area (Å²) in [5.41, 5.74) is 3.32. The fourth-order valence-electron chi connectivity index (χ4n) is 2.52. The average Bonchev–Trinajstić information content (AvgIpc) is 2.73. The van der Waals surface area contributed by atoms with Crippen LogP contribution in [0.5, 0.6) is 5.75 Å². The summed E-state index contributed by atoms with van der Waals surface area (Å²) in [6.45, 7) is -0.435. The maximum atomic E-state index is 12.1. The number of carboxylic acid groups (broad SMARTS) is 1. The number of benzene rings is 3. The summed E-state index contributed by atoms with van der Waals surface area (Å²) in [7, 11) is 0. The van der Waals surface area contributed by atoms with Crippen LogP contribution in [0.2, 0.25) is 0 Å². The van der Waals surface area contributed by atoms with Gasteiger partial charge in [0.2, 0.25) is 0 Å². The molecule has 0 heterocycles. The lowest BCUT2D eigenvalue weighted by molar-refractivity contribution is -0.139. The molecule has 0 bridgehead atoms. The zero-order chi connectivity index (χ0) is 20.6. The van der Waals surface area contributed by atoms with Gasteiger partial charge in [-0.05, 0) is 41.3 Å². The van der Waals surface area contributed by atoms with Crippen LogP contribution in [-0.2, 0) is 14.4 Å². The number of amides is 2. The Kier molecular flexibility index (Phi) is 6.16. The number of ether oxygens (including phenoxy) is 1. The van der Waals surface area contributed by atoms with E-state index >= 15 is 0 Å². The van der Waals surface area contributed by atoms with Gasteiger partial charge in [-0.15, -0.1) is 0 Å². The number of aliphatic carboxylic acids is 1. The van der Waals surface area contributed by atoms with Crippen molar-refractivity contribution in [2.75, 3.05) is 11.9 Å². The molecule has 8 nitrogen and oxygen atoms in total. The summed E-state index contributed by atoms with van der Waals surface area (Å²) in [5, 5.41) is 16.7. The van der Waals surface area contributed by atoms with Gasteiger partial charge in [-0.3, -0.25) is 9.59 Å². The fraction of sp³-hybridized carbons (Fsp3) is 0.0476. The maximum Gasteiger partial charge on any atom is 0.341 e. The predicted molar refractivity (Wildman–Crippen MR) is 108 cm³/mol. The molecule has 0 aliphatic heterocycles. The van der Waals surface area contributed by atoms with Gasteiger partial charge in [-0.25, -0.2) is 10.2 Å². The molecule has 29 heavy (non-hydrogen) atoms. The van der Waals surface area contributed by atoms with Gasteiger partial charge in [0, 0.05) is 11.1 Å². The van der Waals surface area contributed by atoms with E-state index in [0.29, 0.717) is 17.0 Å². The van der Waals surface area contributed by atoms with Crippen LogP contribution >= 0.6 is 0 Å². The Morgan fingerprint density at radius 2 is 1.66 bits per heavy atom. The minimum absolute atomic E-state index is 0.392. The molecular weight excluding hydrogens is 374 g/mol. The molecule has 0 fully saturated rings. The van der Waals surface area contributed by atoms with E-state index in [-0.39, 0.29) is 0 Å². The van der Waals surface area contributed by atoms with Gasteiger partial charge in [0.1, 0.15) is 5.75 Å². The minimum Gasteiger partial charge on any atom is -0.482 e. The quantitative estimate of drug-likeness (QED) is 0.339. The number of carbonyl (C=O) groups excluding carboxylic acids is 2. The molecule has 0 aliphatic carbocycles. The van der Waals surface area contributed by atoms with E-state index in [4.69, 9.17) is 9.84 Å². The highest BCUT2D eigenvalue weighted by atomic mass is 16.5. The molecule has 0 spiro atoms. The Morgan fingerprint density at radius 3 is 2.41 bits per heavy atom. The molecule has 2 amide bonds. The molecule has 0 saturated heterocycles. The predicted octanol–water partition coefficient (Wildman–Crippen LogP) is 2.39. The topological polar surface area (TPSA) is 117 Å². The summed E-state index contributed by atoms with van der Waals surface area (Å²) in [6.07, 6.45) is 1.35. The second-order valence-electron chi connectivity index (χ2n) is 5.93. The van der Waals surface area contributed by atoms with Gasteiger partial charge in [-0.1, -0.05) is 36.4 Å². The second-order valence-corrected chi connectivity index (χ2v) is 5.93. The van der Waals surface area contributed by atoms with Crippen LogP contribution in [-0.4, -0.2) is 35.7 Å². The first-order valence-corrected chi connectivity index (χ1v) is 8.60. The largest absolute Gasteiger partial charge is 0.482 e. The summed E-state index contributed by atoms with van der Waals surface area (Å²) < 4.78 is 5.02. The molecule has 0 aliphatic rings. The average molecular weight is 391 g/mol. The Morgan fingerprint density at radius 1 is 0.931 bits per heavy atom. The van der Waals surface area contributed by atoms with Crippen molar-refractivity contribution in [3.63, 3.8) is 0 Å². The van der Waals surface area contributed by atoms with Gasteiger partial charge in [0.15, 0.2) is 6.61 Å². The van der Waals surface area contributed by atoms with Gasteiger partial charge < -0.3 is 15.2 Å². The van der Waals surface area contributed by atoms with Gasteiger partial charge in [-0.2, -0.15) is 5.10 Å². The van der Waals surface area contributed by atoms with E-state index in [2.05, 4.69) is 15.8 Å². The van der Waals surface area contributed by atoms with Crippen molar-refractivity contribution >= 4 is 40.5 Å². The molecule has 0 saturated carbocycles. The summed E-state index contributed by atoms with van der Waals surface area (Å²) in [5.74, 6) is -2.42. The number of hydrogen-bond donors (Lipinski definition) is 3. The van der Waals surface area contributed by atoms with Crippen molar-refractivity contribution in [1.82, 2.24) is 5.43 Å². The van der Waals surface area contributed by atoms with E-state index in [9.17, 15) is 14.4 Å². The number of fused-ring (bicyclic) bond motifs is 1. The molecule has 0 atom stereocenters. The number of nitrogens with zero attached hydrogens (tertiary/aromatic N) is 1. The van der Waals surface area contributed by atoms with Crippen molar-refractivity contribution in [1.29, 1.82) is 0 Å². The fourth-order valence-corrected chi connectivity index (χ4v) is 2.52. The van der Waals surface area contributed by atoms with Crippen LogP contribution in [0.3, 0.4) is 0 Å². The van der Waals surface area contributed by atoms with E-state index in [1.54, 1.807) is 36.4 Å². The highest BCUT2D eigenvalue weighted by Gasteiger charge is 2.14. The van der Waals surface area contributed by atoms with Crippen LogP contribution in [0.1, 0.15) is 5.56 Å². The smallest absolute Gasteiger partial charge is 0.341 e. The lowest BCUT2D eigenvalue weighted by Gasteiger charge is -2.07. The number of carboxylic acids is 1. The van der Waals surface area contributed by atoms with Crippen molar-refractivity contribution in [2.24, 2.45) is 5.10 Å². The first-order valence-electron chi connectivity index (χ1n) is 8.60. The number of carbonyl (C=O) groups is 3. The highest BCUT2D eigenvalue weighted by molar-refractivity contribution is 6.40. The van der Waals surface area contributed by atoms with Crippen molar-refractivity contribution in [2.45, 2.75) is 0 Å². The van der Waals surface area contributed by atoms with Crippen LogP contribution < -0.4 is 15.5 Å². The van der Waals surface area contributed by atoms with Crippen LogP contribution in [0.25, 0.3) is 10.8 Å². The summed E-state index contributed by atoms with van der Waals surface area (Å²) in [4.78, 5) is 34.5. The van der Waals surface area contributed by atoms with Crippen LogP contribution in [0, 0.1) is 0 Å². The molecule has 146 valence electrons. The van der Waals surface area contributed by atoms with Crippen molar-refractivity contribution < 1.29 is 24.2 Å². The second kappa shape index (κ2) is 9.14. The lowest BCUT2D eigenvalue weighted by Crippen LogP contribution is -2.32. The first-order chi connectivity index (χ1) is 14.0. The standard InChI is InChI=1S/C21H17N3O5/c25-19(26)13-29-16-10-8-14(9-11-16)12-22-24-21(28)20(27)23-18-7-3-5-15-4-1-2-6-17(15)18/h1-12H,13H2,(H,23,27)(H,24,28)(H,25,26)/b22-12-. The monoisotopic (exact) mass is 391 g/mol. The molecule has 3 N–H and O–H groups in total. The molecule has 8 heteroatoms. The van der Waals surface area contributed by atoms with Crippen molar-refractivity contribution in [3.8, 4) is 5.75 Å². The van der Waals surface area contributed by atoms with E-state index < -0.39 is 24.4 Å². The molecule has 3 aromatic carbocycles. The number of nitrogens with one attached hydrogen (secondary N) is 2. The summed E-state index contributed by atoms with van der Waals surface area (Å²) in [6, 6.07) is 19.3. The number of anilines is 1. The Hall–Kier alpha value is -4.20. The molecule has 3 aromatic rings. The van der Waals surface area contributed by atoms with E-state index in [0.717, 1.165) is 10.8 Å². The minimum atomic E-state index is -1.07. The summed E-state index contributed by atoms with van der Waals surface area (Å²) >= 11 is 0.